The molecule has 1 atom stereocenters. The van der Waals surface area contributed by atoms with E-state index < -0.39 is 0 Å². The molecule has 0 radical (unpaired) electrons. The summed E-state index contributed by atoms with van der Waals surface area (Å²) in [5, 5.41) is 8.75. The standard InChI is InChI=1S/C13H23ClN4/c1-4-18-12(13(14)10(2)16-18)9-17(3)11-6-5-7-15-8-11/h11,15H,4-9H2,1-3H3. The first-order chi connectivity index (χ1) is 8.63. The maximum atomic E-state index is 6.35. The summed E-state index contributed by atoms with van der Waals surface area (Å²) in [6, 6.07) is 0.607. The van der Waals surface area contributed by atoms with Crippen molar-refractivity contribution in [2.75, 3.05) is 20.1 Å². The van der Waals surface area contributed by atoms with Crippen LogP contribution in [-0.4, -0.2) is 40.9 Å². The van der Waals surface area contributed by atoms with Crippen molar-refractivity contribution >= 4 is 11.6 Å². The fourth-order valence-electron chi connectivity index (χ4n) is 2.60. The van der Waals surface area contributed by atoms with E-state index in [1.807, 2.05) is 11.6 Å². The van der Waals surface area contributed by atoms with E-state index in [4.69, 9.17) is 11.6 Å². The van der Waals surface area contributed by atoms with E-state index in [0.717, 1.165) is 42.6 Å². The van der Waals surface area contributed by atoms with Gasteiger partial charge in [0, 0.05) is 25.7 Å². The van der Waals surface area contributed by atoms with Crippen LogP contribution in [0.5, 0.6) is 0 Å². The quantitative estimate of drug-likeness (QED) is 0.909. The smallest absolute Gasteiger partial charge is 0.0860 e. The topological polar surface area (TPSA) is 33.1 Å². The molecule has 0 saturated carbocycles. The number of nitrogens with one attached hydrogen (secondary N) is 1. The van der Waals surface area contributed by atoms with Crippen molar-refractivity contribution in [3.05, 3.63) is 16.4 Å². The van der Waals surface area contributed by atoms with Crippen molar-refractivity contribution in [3.8, 4) is 0 Å². The Labute approximate surface area is 114 Å². The maximum Gasteiger partial charge on any atom is 0.0860 e. The van der Waals surface area contributed by atoms with Crippen molar-refractivity contribution in [2.45, 2.75) is 45.8 Å². The first-order valence-electron chi connectivity index (χ1n) is 6.76. The molecule has 1 N–H and O–H groups in total. The number of hydrogen-bond donors (Lipinski definition) is 1. The molecule has 5 heteroatoms. The molecule has 0 spiro atoms. The number of piperidine rings is 1. The molecule has 4 nitrogen and oxygen atoms in total. The zero-order chi connectivity index (χ0) is 13.1. The van der Waals surface area contributed by atoms with Gasteiger partial charge in [0.15, 0.2) is 0 Å². The fourth-order valence-corrected chi connectivity index (χ4v) is 2.79. The molecular weight excluding hydrogens is 248 g/mol. The van der Waals surface area contributed by atoms with Gasteiger partial charge in [-0.3, -0.25) is 9.58 Å². The van der Waals surface area contributed by atoms with Gasteiger partial charge in [-0.15, -0.1) is 0 Å². The molecule has 2 rings (SSSR count). The van der Waals surface area contributed by atoms with E-state index in [1.165, 1.54) is 12.8 Å². The van der Waals surface area contributed by atoms with Crippen LogP contribution in [-0.2, 0) is 13.1 Å². The van der Waals surface area contributed by atoms with Crippen LogP contribution in [0.2, 0.25) is 5.02 Å². The summed E-state index contributed by atoms with van der Waals surface area (Å²) >= 11 is 6.35. The summed E-state index contributed by atoms with van der Waals surface area (Å²) in [5.41, 5.74) is 2.08. The Kier molecular flexibility index (Phi) is 4.65. The van der Waals surface area contributed by atoms with Crippen LogP contribution in [0, 0.1) is 6.92 Å². The van der Waals surface area contributed by atoms with Crippen LogP contribution in [0.3, 0.4) is 0 Å². The highest BCUT2D eigenvalue weighted by Gasteiger charge is 2.21. The first-order valence-corrected chi connectivity index (χ1v) is 7.14. The summed E-state index contributed by atoms with van der Waals surface area (Å²) in [6.07, 6.45) is 2.52. The molecule has 102 valence electrons. The first kappa shape index (κ1) is 13.8. The highest BCUT2D eigenvalue weighted by molar-refractivity contribution is 6.31. The molecule has 0 bridgehead atoms. The summed E-state index contributed by atoms with van der Waals surface area (Å²) in [4.78, 5) is 2.39. The molecule has 0 amide bonds. The van der Waals surface area contributed by atoms with E-state index in [-0.39, 0.29) is 0 Å². The lowest BCUT2D eigenvalue weighted by atomic mass is 10.1. The van der Waals surface area contributed by atoms with Crippen molar-refractivity contribution < 1.29 is 0 Å². The number of likely N-dealkylation sites (N-methyl/N-ethyl adjacent to an activating group) is 1. The minimum absolute atomic E-state index is 0.607. The average Bonchev–Trinajstić information content (AvgIpc) is 2.67. The molecule has 0 aliphatic carbocycles. The number of rotatable bonds is 4. The second-order valence-electron chi connectivity index (χ2n) is 5.08. The number of aryl methyl sites for hydroxylation is 2. The van der Waals surface area contributed by atoms with E-state index in [1.54, 1.807) is 0 Å². The monoisotopic (exact) mass is 270 g/mol. The molecule has 1 saturated heterocycles. The summed E-state index contributed by atoms with van der Waals surface area (Å²) in [6.45, 7) is 8.05. The molecule has 1 aliphatic heterocycles. The Morgan fingerprint density at radius 2 is 2.33 bits per heavy atom. The largest absolute Gasteiger partial charge is 0.315 e. The SMILES string of the molecule is CCn1nc(C)c(Cl)c1CN(C)C1CCCNC1. The third kappa shape index (κ3) is 2.87. The maximum absolute atomic E-state index is 6.35. The number of halogens is 1. The van der Waals surface area contributed by atoms with Gasteiger partial charge in [0.2, 0.25) is 0 Å². The molecule has 0 aromatic carbocycles. The predicted octanol–water partition coefficient (Wildman–Crippen LogP) is 2.05. The van der Waals surface area contributed by atoms with Gasteiger partial charge in [-0.05, 0) is 40.3 Å². The van der Waals surface area contributed by atoms with Gasteiger partial charge >= 0.3 is 0 Å². The van der Waals surface area contributed by atoms with Crippen LogP contribution in [0.15, 0.2) is 0 Å². The van der Waals surface area contributed by atoms with E-state index >= 15 is 0 Å². The van der Waals surface area contributed by atoms with Crippen LogP contribution in [0.1, 0.15) is 31.2 Å². The van der Waals surface area contributed by atoms with E-state index in [2.05, 4.69) is 29.3 Å². The van der Waals surface area contributed by atoms with Gasteiger partial charge in [-0.25, -0.2) is 0 Å². The molecule has 1 aliphatic rings. The number of nitrogens with zero attached hydrogens (tertiary/aromatic N) is 3. The predicted molar refractivity (Wildman–Crippen MR) is 75.0 cm³/mol. The summed E-state index contributed by atoms with van der Waals surface area (Å²) in [5.74, 6) is 0. The molecule has 1 aromatic rings. The van der Waals surface area contributed by atoms with Gasteiger partial charge in [-0.1, -0.05) is 11.6 Å². The van der Waals surface area contributed by atoms with Gasteiger partial charge in [-0.2, -0.15) is 5.10 Å². The molecule has 1 fully saturated rings. The lowest BCUT2D eigenvalue weighted by Gasteiger charge is -2.31. The third-order valence-electron chi connectivity index (χ3n) is 3.75. The zero-order valence-corrected chi connectivity index (χ0v) is 12.3. The molecule has 18 heavy (non-hydrogen) atoms. The second kappa shape index (κ2) is 6.04. The van der Waals surface area contributed by atoms with Crippen LogP contribution in [0.25, 0.3) is 0 Å². The summed E-state index contributed by atoms with van der Waals surface area (Å²) < 4.78 is 2.02. The molecule has 2 heterocycles. The Hall–Kier alpha value is -0.580. The number of hydrogen-bond acceptors (Lipinski definition) is 3. The Balaban J connectivity index is 2.08. The van der Waals surface area contributed by atoms with Crippen LogP contribution < -0.4 is 5.32 Å². The lowest BCUT2D eigenvalue weighted by molar-refractivity contribution is 0.191. The minimum atomic E-state index is 0.607. The Bertz CT molecular complexity index is 396. The minimum Gasteiger partial charge on any atom is -0.315 e. The van der Waals surface area contributed by atoms with Crippen molar-refractivity contribution in [3.63, 3.8) is 0 Å². The van der Waals surface area contributed by atoms with E-state index in [0.29, 0.717) is 6.04 Å². The third-order valence-corrected chi connectivity index (χ3v) is 4.24. The molecule has 1 aromatic heterocycles. The highest BCUT2D eigenvalue weighted by atomic mass is 35.5. The normalized spacial score (nSPS) is 20.6. The van der Waals surface area contributed by atoms with Gasteiger partial charge in [0.05, 0.1) is 16.4 Å². The van der Waals surface area contributed by atoms with Gasteiger partial charge < -0.3 is 5.32 Å². The van der Waals surface area contributed by atoms with Gasteiger partial charge in [0.1, 0.15) is 0 Å². The highest BCUT2D eigenvalue weighted by Crippen LogP contribution is 2.22. The Morgan fingerprint density at radius 1 is 1.56 bits per heavy atom. The van der Waals surface area contributed by atoms with Crippen molar-refractivity contribution in [2.24, 2.45) is 0 Å². The zero-order valence-electron chi connectivity index (χ0n) is 11.5. The fraction of sp³-hybridized carbons (Fsp3) is 0.769. The van der Waals surface area contributed by atoms with Crippen molar-refractivity contribution in [1.82, 2.24) is 20.0 Å². The van der Waals surface area contributed by atoms with Crippen molar-refractivity contribution in [1.29, 1.82) is 0 Å². The average molecular weight is 271 g/mol. The lowest BCUT2D eigenvalue weighted by Crippen LogP contribution is -2.44. The number of aromatic nitrogens is 2. The second-order valence-corrected chi connectivity index (χ2v) is 5.46. The molecular formula is C13H23ClN4. The molecule has 1 unspecified atom stereocenters. The Morgan fingerprint density at radius 3 is 2.94 bits per heavy atom. The van der Waals surface area contributed by atoms with Crippen LogP contribution >= 0.6 is 11.6 Å². The van der Waals surface area contributed by atoms with E-state index in [9.17, 15) is 0 Å². The van der Waals surface area contributed by atoms with Crippen LogP contribution in [0.4, 0.5) is 0 Å². The summed E-state index contributed by atoms with van der Waals surface area (Å²) in [7, 11) is 2.18. The van der Waals surface area contributed by atoms with Gasteiger partial charge in [0.25, 0.3) is 0 Å².